The van der Waals surface area contributed by atoms with Crippen LogP contribution in [0.1, 0.15) is 18.5 Å². The second-order valence-corrected chi connectivity index (χ2v) is 5.87. The Labute approximate surface area is 120 Å². The summed E-state index contributed by atoms with van der Waals surface area (Å²) in [5, 5.41) is 5.55. The zero-order valence-corrected chi connectivity index (χ0v) is 11.9. The molecule has 0 radical (unpaired) electrons. The number of alkyl halides is 3. The van der Waals surface area contributed by atoms with Crippen LogP contribution in [0.4, 0.5) is 24.9 Å². The molecule has 0 unspecified atom stereocenters. The van der Waals surface area contributed by atoms with Gasteiger partial charge < -0.3 is 10.6 Å². The van der Waals surface area contributed by atoms with Gasteiger partial charge in [0.25, 0.3) is 0 Å². The van der Waals surface area contributed by atoms with Crippen molar-refractivity contribution in [2.24, 2.45) is 5.92 Å². The van der Waals surface area contributed by atoms with Crippen molar-refractivity contribution in [3.8, 4) is 0 Å². The number of hydrogen-bond acceptors (Lipinski definition) is 5. The molecule has 2 N–H and O–H groups in total. The third-order valence-electron chi connectivity index (χ3n) is 3.15. The van der Waals surface area contributed by atoms with Crippen LogP contribution >= 0.6 is 11.8 Å². The Morgan fingerprint density at radius 2 is 2.00 bits per heavy atom. The van der Waals surface area contributed by atoms with Crippen molar-refractivity contribution in [1.82, 2.24) is 9.97 Å². The topological polar surface area (TPSA) is 49.8 Å². The molecule has 0 aliphatic carbocycles. The first-order valence-corrected chi connectivity index (χ1v) is 7.60. The number of nitrogens with one attached hydrogen (secondary N) is 2. The van der Waals surface area contributed by atoms with Gasteiger partial charge in [-0.25, -0.2) is 4.98 Å². The summed E-state index contributed by atoms with van der Waals surface area (Å²) in [5.41, 5.74) is -0.932. The molecule has 8 heteroatoms. The van der Waals surface area contributed by atoms with Crippen LogP contribution in [0.5, 0.6) is 0 Å². The largest absolute Gasteiger partial charge is 0.433 e. The van der Waals surface area contributed by atoms with E-state index in [2.05, 4.69) is 20.6 Å². The zero-order chi connectivity index (χ0) is 14.6. The van der Waals surface area contributed by atoms with Gasteiger partial charge in [0.05, 0.1) is 0 Å². The maximum Gasteiger partial charge on any atom is 0.433 e. The minimum Gasteiger partial charge on any atom is -0.370 e. The Morgan fingerprint density at radius 3 is 2.60 bits per heavy atom. The first-order chi connectivity index (χ1) is 9.49. The summed E-state index contributed by atoms with van der Waals surface area (Å²) in [6.07, 6.45) is -2.28. The van der Waals surface area contributed by atoms with E-state index >= 15 is 0 Å². The summed E-state index contributed by atoms with van der Waals surface area (Å²) in [4.78, 5) is 7.44. The highest BCUT2D eigenvalue weighted by molar-refractivity contribution is 7.99. The van der Waals surface area contributed by atoms with Crippen molar-refractivity contribution in [2.45, 2.75) is 19.0 Å². The van der Waals surface area contributed by atoms with Gasteiger partial charge in [0.15, 0.2) is 5.69 Å². The van der Waals surface area contributed by atoms with Gasteiger partial charge in [-0.2, -0.15) is 29.9 Å². The molecule has 2 heterocycles. The molecule has 0 atom stereocenters. The van der Waals surface area contributed by atoms with Gasteiger partial charge in [-0.3, -0.25) is 0 Å². The summed E-state index contributed by atoms with van der Waals surface area (Å²) in [6, 6.07) is 0.957. The molecule has 0 amide bonds. The first kappa shape index (κ1) is 15.2. The third-order valence-corrected chi connectivity index (χ3v) is 4.20. The predicted molar refractivity (Wildman–Crippen MR) is 75.1 cm³/mol. The van der Waals surface area contributed by atoms with E-state index in [0.29, 0.717) is 12.5 Å². The van der Waals surface area contributed by atoms with Gasteiger partial charge in [-0.1, -0.05) is 0 Å². The number of rotatable bonds is 4. The monoisotopic (exact) mass is 306 g/mol. The third kappa shape index (κ3) is 4.16. The molecule has 1 aromatic rings. The second-order valence-electron chi connectivity index (χ2n) is 4.65. The van der Waals surface area contributed by atoms with E-state index in [1.165, 1.54) is 7.05 Å². The average molecular weight is 306 g/mol. The first-order valence-electron chi connectivity index (χ1n) is 6.44. The van der Waals surface area contributed by atoms with Crippen LogP contribution in [-0.2, 0) is 6.18 Å². The van der Waals surface area contributed by atoms with Crippen molar-refractivity contribution in [2.75, 3.05) is 35.7 Å². The number of hydrogen-bond donors (Lipinski definition) is 2. The summed E-state index contributed by atoms with van der Waals surface area (Å²) >= 11 is 1.92. The normalized spacial score (nSPS) is 17.0. The highest BCUT2D eigenvalue weighted by atomic mass is 32.2. The molecule has 0 spiro atoms. The molecule has 0 saturated carbocycles. The fraction of sp³-hybridized carbons (Fsp3) is 0.667. The van der Waals surface area contributed by atoms with Gasteiger partial charge >= 0.3 is 6.18 Å². The van der Waals surface area contributed by atoms with E-state index in [1.54, 1.807) is 0 Å². The van der Waals surface area contributed by atoms with Crippen LogP contribution in [-0.4, -0.2) is 35.1 Å². The van der Waals surface area contributed by atoms with Crippen LogP contribution in [0.2, 0.25) is 0 Å². The van der Waals surface area contributed by atoms with Crippen molar-refractivity contribution >= 4 is 23.5 Å². The molecule has 0 bridgehead atoms. The molecule has 112 valence electrons. The van der Waals surface area contributed by atoms with Crippen molar-refractivity contribution in [1.29, 1.82) is 0 Å². The predicted octanol–water partition coefficient (Wildman–Crippen LogP) is 3.09. The number of aromatic nitrogens is 2. The molecular weight excluding hydrogens is 289 g/mol. The SMILES string of the molecule is CNc1nc(NCC2CCSCC2)cc(C(F)(F)F)n1. The Bertz CT molecular complexity index is 447. The van der Waals surface area contributed by atoms with Crippen LogP contribution in [0, 0.1) is 5.92 Å². The number of thioether (sulfide) groups is 1. The van der Waals surface area contributed by atoms with Gasteiger partial charge in [-0.05, 0) is 30.3 Å². The minimum absolute atomic E-state index is 0.0264. The molecule has 1 aliphatic rings. The maximum absolute atomic E-state index is 12.7. The van der Waals surface area contributed by atoms with E-state index in [-0.39, 0.29) is 11.8 Å². The molecule has 1 aromatic heterocycles. The lowest BCUT2D eigenvalue weighted by Gasteiger charge is -2.22. The fourth-order valence-electron chi connectivity index (χ4n) is 1.99. The summed E-state index contributed by atoms with van der Waals surface area (Å²) in [5.74, 6) is 2.92. The molecule has 2 rings (SSSR count). The number of nitrogens with zero attached hydrogens (tertiary/aromatic N) is 2. The lowest BCUT2D eigenvalue weighted by Crippen LogP contribution is -2.20. The van der Waals surface area contributed by atoms with Gasteiger partial charge in [0, 0.05) is 19.7 Å². The Morgan fingerprint density at radius 1 is 1.30 bits per heavy atom. The van der Waals surface area contributed by atoms with E-state index in [1.807, 2.05) is 11.8 Å². The quantitative estimate of drug-likeness (QED) is 0.895. The zero-order valence-electron chi connectivity index (χ0n) is 11.1. The average Bonchev–Trinajstić information content (AvgIpc) is 2.45. The van der Waals surface area contributed by atoms with E-state index in [9.17, 15) is 13.2 Å². The number of anilines is 2. The summed E-state index contributed by atoms with van der Waals surface area (Å²) in [6.45, 7) is 0.651. The van der Waals surface area contributed by atoms with Gasteiger partial charge in [0.1, 0.15) is 5.82 Å². The molecule has 1 fully saturated rings. The Hall–Kier alpha value is -1.18. The van der Waals surface area contributed by atoms with Gasteiger partial charge in [-0.15, -0.1) is 0 Å². The molecular formula is C12H17F3N4S. The Kier molecular flexibility index (Phi) is 4.95. The summed E-state index contributed by atoms with van der Waals surface area (Å²) < 4.78 is 38.2. The van der Waals surface area contributed by atoms with E-state index < -0.39 is 11.9 Å². The molecule has 1 aliphatic heterocycles. The van der Waals surface area contributed by atoms with Crippen molar-refractivity contribution in [3.05, 3.63) is 11.8 Å². The molecule has 1 saturated heterocycles. The summed E-state index contributed by atoms with van der Waals surface area (Å²) in [7, 11) is 1.50. The van der Waals surface area contributed by atoms with Crippen LogP contribution in [0.25, 0.3) is 0 Å². The van der Waals surface area contributed by atoms with Gasteiger partial charge in [0.2, 0.25) is 5.95 Å². The minimum atomic E-state index is -4.47. The van der Waals surface area contributed by atoms with Crippen LogP contribution < -0.4 is 10.6 Å². The smallest absolute Gasteiger partial charge is 0.370 e. The number of halogens is 3. The lowest BCUT2D eigenvalue weighted by molar-refractivity contribution is -0.141. The van der Waals surface area contributed by atoms with Crippen LogP contribution in [0.15, 0.2) is 6.07 Å². The second kappa shape index (κ2) is 6.51. The van der Waals surface area contributed by atoms with Crippen molar-refractivity contribution in [3.63, 3.8) is 0 Å². The van der Waals surface area contributed by atoms with E-state index in [0.717, 1.165) is 30.4 Å². The standard InChI is InChI=1S/C12H17F3N4S/c1-16-11-18-9(12(13,14)15)6-10(19-11)17-7-8-2-4-20-5-3-8/h6,8H,2-5,7H2,1H3,(H2,16,17,18,19). The molecule has 4 nitrogen and oxygen atoms in total. The molecule has 20 heavy (non-hydrogen) atoms. The van der Waals surface area contributed by atoms with Crippen molar-refractivity contribution < 1.29 is 13.2 Å². The lowest BCUT2D eigenvalue weighted by atomic mass is 10.0. The highest BCUT2D eigenvalue weighted by Gasteiger charge is 2.33. The highest BCUT2D eigenvalue weighted by Crippen LogP contribution is 2.30. The maximum atomic E-state index is 12.7. The Balaban J connectivity index is 2.06. The van der Waals surface area contributed by atoms with E-state index in [4.69, 9.17) is 0 Å². The fourth-order valence-corrected chi connectivity index (χ4v) is 3.20. The van der Waals surface area contributed by atoms with Crippen LogP contribution in [0.3, 0.4) is 0 Å². The molecule has 0 aromatic carbocycles.